The summed E-state index contributed by atoms with van der Waals surface area (Å²) < 4.78 is 16.9. The van der Waals surface area contributed by atoms with E-state index in [1.165, 1.54) is 109 Å². The van der Waals surface area contributed by atoms with Gasteiger partial charge in [-0.2, -0.15) is 0 Å². The van der Waals surface area contributed by atoms with Gasteiger partial charge >= 0.3 is 17.9 Å². The van der Waals surface area contributed by atoms with E-state index in [0.29, 0.717) is 19.3 Å². The summed E-state index contributed by atoms with van der Waals surface area (Å²) in [5.41, 5.74) is 0. The van der Waals surface area contributed by atoms with Crippen LogP contribution in [0.25, 0.3) is 0 Å². The molecule has 74 heavy (non-hydrogen) atoms. The van der Waals surface area contributed by atoms with Crippen molar-refractivity contribution in [2.75, 3.05) is 13.2 Å². The van der Waals surface area contributed by atoms with E-state index in [9.17, 15) is 14.4 Å². The minimum atomic E-state index is -0.810. The van der Waals surface area contributed by atoms with E-state index in [0.717, 1.165) is 109 Å². The Hall–Kier alpha value is -4.45. The van der Waals surface area contributed by atoms with Gasteiger partial charge in [-0.1, -0.05) is 276 Å². The average molecular weight is 1020 g/mol. The molecule has 0 aliphatic heterocycles. The first-order valence-electron chi connectivity index (χ1n) is 30.3. The standard InChI is InChI=1S/C68H110O6/c1-4-7-10-13-16-19-22-25-28-31-34-37-40-43-46-49-52-55-58-61-67(70)73-64-65(63-72-66(69)60-57-54-51-48-45-42-39-36-33-30-27-24-21-18-15-12-9-6-3)74-68(71)62-59-56-53-50-47-44-41-38-35-32-29-26-23-20-17-14-11-8-5-2/h7-8,10-11,13,16-17,19-20,22,25-26,28-29,31,34,36-37,39-40,43,46,65H,4-6,9,12,14-15,18,21,23-24,27,30,32-33,35,38,41-42,44-45,47-64H2,1-3H3/b10-7-,11-8-,16-13-,20-17-,22-19-,28-25-,29-26-,34-31+,39-36-,40-37-,46-43-. The Morgan fingerprint density at radius 3 is 1.01 bits per heavy atom. The highest BCUT2D eigenvalue weighted by molar-refractivity contribution is 5.71. The fraction of sp³-hybridized carbons (Fsp3) is 0.632. The number of rotatable bonds is 53. The zero-order valence-electron chi connectivity index (χ0n) is 47.8. The van der Waals surface area contributed by atoms with Crippen molar-refractivity contribution in [3.63, 3.8) is 0 Å². The lowest BCUT2D eigenvalue weighted by atomic mass is 10.1. The molecule has 0 aromatic rings. The van der Waals surface area contributed by atoms with Crippen LogP contribution in [0.5, 0.6) is 0 Å². The van der Waals surface area contributed by atoms with Crippen LogP contribution < -0.4 is 0 Å². The summed E-state index contributed by atoms with van der Waals surface area (Å²) in [7, 11) is 0. The van der Waals surface area contributed by atoms with Crippen molar-refractivity contribution >= 4 is 17.9 Å². The van der Waals surface area contributed by atoms with Gasteiger partial charge in [-0.15, -0.1) is 0 Å². The maximum Gasteiger partial charge on any atom is 0.306 e. The Balaban J connectivity index is 4.52. The van der Waals surface area contributed by atoms with Crippen molar-refractivity contribution < 1.29 is 28.6 Å². The van der Waals surface area contributed by atoms with E-state index in [1.54, 1.807) is 0 Å². The smallest absolute Gasteiger partial charge is 0.306 e. The monoisotopic (exact) mass is 1020 g/mol. The van der Waals surface area contributed by atoms with Crippen LogP contribution in [-0.2, 0) is 28.6 Å². The van der Waals surface area contributed by atoms with Crippen LogP contribution in [0, 0.1) is 0 Å². The zero-order chi connectivity index (χ0) is 53.6. The molecule has 6 heteroatoms. The van der Waals surface area contributed by atoms with E-state index < -0.39 is 6.10 Å². The molecule has 0 aliphatic carbocycles. The van der Waals surface area contributed by atoms with Crippen molar-refractivity contribution in [3.05, 3.63) is 134 Å². The van der Waals surface area contributed by atoms with Crippen molar-refractivity contribution in [3.8, 4) is 0 Å². The highest BCUT2D eigenvalue weighted by atomic mass is 16.6. The molecule has 0 N–H and O–H groups in total. The lowest BCUT2D eigenvalue weighted by Crippen LogP contribution is -2.30. The topological polar surface area (TPSA) is 78.9 Å². The van der Waals surface area contributed by atoms with E-state index in [4.69, 9.17) is 14.2 Å². The molecule has 0 saturated heterocycles. The van der Waals surface area contributed by atoms with Crippen molar-refractivity contribution in [2.45, 2.75) is 264 Å². The number of unbranched alkanes of at least 4 members (excludes halogenated alkanes) is 26. The number of carbonyl (C=O) groups is 3. The van der Waals surface area contributed by atoms with E-state index in [1.807, 2.05) is 72.9 Å². The van der Waals surface area contributed by atoms with Crippen LogP contribution in [0.15, 0.2) is 134 Å². The normalized spacial score (nSPS) is 13.1. The third kappa shape index (κ3) is 58.4. The molecule has 418 valence electrons. The van der Waals surface area contributed by atoms with Gasteiger partial charge in [0.25, 0.3) is 0 Å². The summed E-state index contributed by atoms with van der Waals surface area (Å²) >= 11 is 0. The maximum absolute atomic E-state index is 12.9. The van der Waals surface area contributed by atoms with Gasteiger partial charge in [0.2, 0.25) is 0 Å². The highest BCUT2D eigenvalue weighted by Gasteiger charge is 2.19. The summed E-state index contributed by atoms with van der Waals surface area (Å²) in [5.74, 6) is -0.962. The lowest BCUT2D eigenvalue weighted by molar-refractivity contribution is -0.167. The Bertz CT molecular complexity index is 1600. The van der Waals surface area contributed by atoms with Crippen LogP contribution in [0.2, 0.25) is 0 Å². The second-order valence-electron chi connectivity index (χ2n) is 19.7. The fourth-order valence-corrected chi connectivity index (χ4v) is 8.08. The van der Waals surface area contributed by atoms with Gasteiger partial charge in [0.1, 0.15) is 13.2 Å². The highest BCUT2D eigenvalue weighted by Crippen LogP contribution is 2.15. The molecular weight excluding hydrogens is 913 g/mol. The van der Waals surface area contributed by atoms with Gasteiger partial charge in [-0.05, 0) is 96.3 Å². The average Bonchev–Trinajstić information content (AvgIpc) is 3.40. The van der Waals surface area contributed by atoms with Gasteiger partial charge < -0.3 is 14.2 Å². The molecule has 0 spiro atoms. The van der Waals surface area contributed by atoms with E-state index in [2.05, 4.69) is 81.5 Å². The number of hydrogen-bond acceptors (Lipinski definition) is 6. The van der Waals surface area contributed by atoms with Gasteiger partial charge in [-0.3, -0.25) is 14.4 Å². The largest absolute Gasteiger partial charge is 0.462 e. The molecule has 0 rings (SSSR count). The number of hydrogen-bond donors (Lipinski definition) is 0. The van der Waals surface area contributed by atoms with Crippen LogP contribution in [-0.4, -0.2) is 37.2 Å². The minimum Gasteiger partial charge on any atom is -0.462 e. The molecule has 0 aromatic heterocycles. The molecule has 0 heterocycles. The van der Waals surface area contributed by atoms with E-state index in [-0.39, 0.29) is 31.1 Å². The third-order valence-electron chi connectivity index (χ3n) is 12.6. The molecule has 0 aromatic carbocycles. The van der Waals surface area contributed by atoms with Gasteiger partial charge in [0.05, 0.1) is 0 Å². The van der Waals surface area contributed by atoms with Crippen LogP contribution >= 0.6 is 0 Å². The van der Waals surface area contributed by atoms with Crippen LogP contribution in [0.3, 0.4) is 0 Å². The Labute approximate surface area is 455 Å². The second-order valence-corrected chi connectivity index (χ2v) is 19.7. The number of ether oxygens (including phenoxy) is 3. The third-order valence-corrected chi connectivity index (χ3v) is 12.6. The van der Waals surface area contributed by atoms with Crippen LogP contribution in [0.4, 0.5) is 0 Å². The summed E-state index contributed by atoms with van der Waals surface area (Å²) in [5, 5.41) is 0. The number of allylic oxidation sites excluding steroid dienone is 22. The first-order valence-corrected chi connectivity index (χ1v) is 30.3. The van der Waals surface area contributed by atoms with Gasteiger partial charge in [-0.25, -0.2) is 0 Å². The molecule has 0 amide bonds. The van der Waals surface area contributed by atoms with Gasteiger partial charge in [0.15, 0.2) is 6.10 Å². The quantitative estimate of drug-likeness (QED) is 0.0199. The van der Waals surface area contributed by atoms with Gasteiger partial charge in [0, 0.05) is 19.3 Å². The van der Waals surface area contributed by atoms with Crippen molar-refractivity contribution in [1.29, 1.82) is 0 Å². The summed E-state index contributed by atoms with van der Waals surface area (Å²) in [6.45, 7) is 6.34. The SMILES string of the molecule is CC\C=C/C=C\C=C/C=C\C=C\C=C/C=C\CCCCCC(=O)OCC(COC(=O)CCCCCCC/C=C\CCCCCCCCCCC)OC(=O)CCCCCCCCCCC/C=C\C/C=C\C/C=C\CC. The summed E-state index contributed by atoms with van der Waals surface area (Å²) in [4.78, 5) is 38.3. The second kappa shape index (κ2) is 61.1. The first kappa shape index (κ1) is 69.5. The van der Waals surface area contributed by atoms with Crippen molar-refractivity contribution in [2.24, 2.45) is 0 Å². The molecule has 0 radical (unpaired) electrons. The molecule has 1 atom stereocenters. The molecule has 1 unspecified atom stereocenters. The van der Waals surface area contributed by atoms with Crippen LogP contribution in [0.1, 0.15) is 258 Å². The number of carbonyl (C=O) groups excluding carboxylic acids is 3. The lowest BCUT2D eigenvalue weighted by Gasteiger charge is -2.18. The zero-order valence-corrected chi connectivity index (χ0v) is 47.8. The summed E-state index contributed by atoms with van der Waals surface area (Å²) in [6.07, 6.45) is 85.8. The van der Waals surface area contributed by atoms with Crippen molar-refractivity contribution in [1.82, 2.24) is 0 Å². The Morgan fingerprint density at radius 2 is 0.595 bits per heavy atom. The predicted octanol–water partition coefficient (Wildman–Crippen LogP) is 20.6. The maximum atomic E-state index is 12.9. The van der Waals surface area contributed by atoms with E-state index >= 15 is 0 Å². The molecule has 0 bridgehead atoms. The first-order chi connectivity index (χ1) is 36.5. The predicted molar refractivity (Wildman–Crippen MR) is 320 cm³/mol. The molecule has 6 nitrogen and oxygen atoms in total. The fourth-order valence-electron chi connectivity index (χ4n) is 8.08. The Morgan fingerprint density at radius 1 is 0.297 bits per heavy atom. The minimum absolute atomic E-state index is 0.103. The molecule has 0 saturated carbocycles. The summed E-state index contributed by atoms with van der Waals surface area (Å²) in [6, 6.07) is 0. The molecule has 0 fully saturated rings. The Kier molecular flexibility index (Phi) is 57.4. The molecule has 0 aliphatic rings. The number of esters is 3. The molecular formula is C68H110O6.